The van der Waals surface area contributed by atoms with E-state index in [0.717, 1.165) is 19.6 Å². The zero-order chi connectivity index (χ0) is 6.24. The van der Waals surface area contributed by atoms with Gasteiger partial charge in [-0.3, -0.25) is 0 Å². The van der Waals surface area contributed by atoms with E-state index in [-0.39, 0.29) is 0 Å². The summed E-state index contributed by atoms with van der Waals surface area (Å²) >= 11 is 0. The molecule has 0 atom stereocenters. The zero-order valence-corrected chi connectivity index (χ0v) is 5.31. The van der Waals surface area contributed by atoms with E-state index < -0.39 is 0 Å². The van der Waals surface area contributed by atoms with Gasteiger partial charge >= 0.3 is 0 Å². The van der Waals surface area contributed by atoms with E-state index >= 15 is 0 Å². The molecule has 0 aliphatic rings. The third-order valence-corrected chi connectivity index (χ3v) is 0.755. The molecular weight excluding hydrogens is 100 g/mol. The molecule has 0 aliphatic carbocycles. The predicted molar refractivity (Wildman–Crippen MR) is 34.8 cm³/mol. The van der Waals surface area contributed by atoms with Crippen molar-refractivity contribution in [2.45, 2.75) is 13.3 Å². The molecule has 0 heterocycles. The maximum atomic E-state index is 5.04. The molecule has 0 rings (SSSR count). The van der Waals surface area contributed by atoms with E-state index in [9.17, 15) is 0 Å². The minimum Gasteiger partial charge on any atom is -0.381 e. The average molecular weight is 112 g/mol. The lowest BCUT2D eigenvalue weighted by atomic mass is 10.4. The van der Waals surface area contributed by atoms with Gasteiger partial charge in [0.2, 0.25) is 0 Å². The minimum absolute atomic E-state index is 0.791. The molecule has 0 aromatic heterocycles. The predicted octanol–water partition coefficient (Wildman–Crippen LogP) is 1.75. The van der Waals surface area contributed by atoms with Crippen LogP contribution >= 0.6 is 0 Å². The van der Waals surface area contributed by atoms with Crippen molar-refractivity contribution in [1.82, 2.24) is 0 Å². The van der Waals surface area contributed by atoms with Crippen LogP contribution in [0.25, 0.3) is 0 Å². The van der Waals surface area contributed by atoms with E-state index in [1.807, 2.05) is 13.0 Å². The highest BCUT2D eigenvalue weighted by molar-refractivity contribution is 4.74. The average Bonchev–Trinajstić information content (AvgIpc) is 1.81. The molecule has 0 aliphatic heterocycles. The molecule has 0 bridgehead atoms. The number of hydrogen-bond donors (Lipinski definition) is 0. The Morgan fingerprint density at radius 3 is 3.00 bits per heavy atom. The summed E-state index contributed by atoms with van der Waals surface area (Å²) in [5, 5.41) is 0. The van der Waals surface area contributed by atoms with E-state index in [2.05, 4.69) is 12.3 Å². The molecule has 0 radical (unpaired) electrons. The van der Waals surface area contributed by atoms with Crippen LogP contribution in [0.3, 0.4) is 0 Å². The quantitative estimate of drug-likeness (QED) is 0.397. The van der Waals surface area contributed by atoms with Crippen molar-refractivity contribution in [1.29, 1.82) is 0 Å². The van der Waals surface area contributed by atoms with Gasteiger partial charge in [0, 0.05) is 6.61 Å². The smallest absolute Gasteiger partial charge is 0.0506 e. The van der Waals surface area contributed by atoms with Gasteiger partial charge in [-0.1, -0.05) is 6.58 Å². The fourth-order valence-electron chi connectivity index (χ4n) is 0.389. The minimum atomic E-state index is 0.791. The Morgan fingerprint density at radius 2 is 2.50 bits per heavy atom. The lowest BCUT2D eigenvalue weighted by molar-refractivity contribution is 0.152. The lowest BCUT2D eigenvalue weighted by Gasteiger charge is -1.92. The van der Waals surface area contributed by atoms with E-state index in [1.165, 1.54) is 0 Å². The van der Waals surface area contributed by atoms with Crippen molar-refractivity contribution in [2.75, 3.05) is 13.2 Å². The summed E-state index contributed by atoms with van der Waals surface area (Å²) in [5.74, 6) is 0. The van der Waals surface area contributed by atoms with Crippen LogP contribution in [-0.4, -0.2) is 13.2 Å². The van der Waals surface area contributed by atoms with Crippen molar-refractivity contribution in [3.8, 4) is 0 Å². The van der Waals surface area contributed by atoms with Crippen LogP contribution < -0.4 is 0 Å². The first-order valence-corrected chi connectivity index (χ1v) is 2.83. The Kier molecular flexibility index (Phi) is 6.06. The summed E-state index contributed by atoms with van der Waals surface area (Å²) in [4.78, 5) is 0. The largest absolute Gasteiger partial charge is 0.381 e. The maximum absolute atomic E-state index is 5.04. The molecule has 1 nitrogen and oxygen atoms in total. The molecule has 0 fully saturated rings. The second kappa shape index (κ2) is 6.48. The van der Waals surface area contributed by atoms with Gasteiger partial charge in [-0.2, -0.15) is 0 Å². The molecule has 0 aromatic carbocycles. The maximum Gasteiger partial charge on any atom is 0.0506 e. The van der Waals surface area contributed by atoms with E-state index in [4.69, 9.17) is 4.74 Å². The highest BCUT2D eigenvalue weighted by atomic mass is 16.5. The van der Waals surface area contributed by atoms with Crippen LogP contribution in [-0.2, 0) is 4.74 Å². The summed E-state index contributed by atoms with van der Waals surface area (Å²) < 4.78 is 5.04. The van der Waals surface area contributed by atoms with Gasteiger partial charge in [-0.15, -0.1) is 5.73 Å². The van der Waals surface area contributed by atoms with Crippen LogP contribution in [0, 0.1) is 0 Å². The normalized spacial score (nSPS) is 8.12. The summed E-state index contributed by atoms with van der Waals surface area (Å²) in [7, 11) is 0. The number of hydrogen-bond acceptors (Lipinski definition) is 1. The van der Waals surface area contributed by atoms with Crippen molar-refractivity contribution < 1.29 is 4.74 Å². The van der Waals surface area contributed by atoms with Gasteiger partial charge in [0.05, 0.1) is 6.61 Å². The highest BCUT2D eigenvalue weighted by Crippen LogP contribution is 1.81. The third-order valence-electron chi connectivity index (χ3n) is 0.755. The van der Waals surface area contributed by atoms with Crippen LogP contribution in [0.2, 0.25) is 0 Å². The Labute approximate surface area is 50.7 Å². The molecule has 0 saturated heterocycles. The molecule has 0 unspecified atom stereocenters. The first-order chi connectivity index (χ1) is 3.91. The van der Waals surface area contributed by atoms with E-state index in [1.54, 1.807) is 0 Å². The second-order valence-corrected chi connectivity index (χ2v) is 1.39. The van der Waals surface area contributed by atoms with Crippen molar-refractivity contribution in [3.05, 3.63) is 18.4 Å². The number of rotatable bonds is 4. The van der Waals surface area contributed by atoms with Crippen LogP contribution in [0.15, 0.2) is 18.4 Å². The van der Waals surface area contributed by atoms with Gasteiger partial charge in [0.15, 0.2) is 0 Å². The monoisotopic (exact) mass is 112 g/mol. The Morgan fingerprint density at radius 1 is 1.75 bits per heavy atom. The SMILES string of the molecule is C=C=CCCOCC. The summed E-state index contributed by atoms with van der Waals surface area (Å²) in [6.07, 6.45) is 2.80. The first-order valence-electron chi connectivity index (χ1n) is 2.83. The van der Waals surface area contributed by atoms with Gasteiger partial charge in [0.1, 0.15) is 0 Å². The topological polar surface area (TPSA) is 9.23 Å². The molecule has 46 valence electrons. The van der Waals surface area contributed by atoms with Gasteiger partial charge in [-0.05, 0) is 19.4 Å². The Hall–Kier alpha value is -0.520. The molecule has 0 aromatic rings. The molecule has 0 amide bonds. The number of ether oxygens (including phenoxy) is 1. The fourth-order valence-corrected chi connectivity index (χ4v) is 0.389. The molecule has 8 heavy (non-hydrogen) atoms. The third kappa shape index (κ3) is 5.48. The molecule has 0 spiro atoms. The Balaban J connectivity index is 2.82. The highest BCUT2D eigenvalue weighted by Gasteiger charge is 1.76. The molecule has 1 heteroatoms. The van der Waals surface area contributed by atoms with Gasteiger partial charge < -0.3 is 4.74 Å². The van der Waals surface area contributed by atoms with Gasteiger partial charge in [-0.25, -0.2) is 0 Å². The Bertz CT molecular complexity index is 80.4. The van der Waals surface area contributed by atoms with Gasteiger partial charge in [0.25, 0.3) is 0 Å². The zero-order valence-electron chi connectivity index (χ0n) is 5.31. The molecular formula is C7H12O. The van der Waals surface area contributed by atoms with Crippen molar-refractivity contribution >= 4 is 0 Å². The second-order valence-electron chi connectivity index (χ2n) is 1.39. The molecule has 0 N–H and O–H groups in total. The summed E-state index contributed by atoms with van der Waals surface area (Å²) in [6, 6.07) is 0. The fraction of sp³-hybridized carbons (Fsp3) is 0.571. The van der Waals surface area contributed by atoms with Crippen molar-refractivity contribution in [2.24, 2.45) is 0 Å². The van der Waals surface area contributed by atoms with Crippen LogP contribution in [0.1, 0.15) is 13.3 Å². The lowest BCUT2D eigenvalue weighted by Crippen LogP contribution is -1.89. The van der Waals surface area contributed by atoms with E-state index in [0.29, 0.717) is 0 Å². The summed E-state index contributed by atoms with van der Waals surface area (Å²) in [6.45, 7) is 6.99. The van der Waals surface area contributed by atoms with Crippen LogP contribution in [0.5, 0.6) is 0 Å². The summed E-state index contributed by atoms with van der Waals surface area (Å²) in [5.41, 5.74) is 2.67. The first kappa shape index (κ1) is 7.48. The van der Waals surface area contributed by atoms with Crippen LogP contribution in [0.4, 0.5) is 0 Å². The molecule has 0 saturated carbocycles. The van der Waals surface area contributed by atoms with Crippen molar-refractivity contribution in [3.63, 3.8) is 0 Å². The standard InChI is InChI=1S/C7H12O/c1-3-5-6-7-8-4-2/h5H,1,4,6-7H2,2H3.